The van der Waals surface area contributed by atoms with Gasteiger partial charge in [0.15, 0.2) is 5.78 Å². The fourth-order valence-corrected chi connectivity index (χ4v) is 1.79. The highest BCUT2D eigenvalue weighted by Crippen LogP contribution is 2.25. The van der Waals surface area contributed by atoms with Crippen molar-refractivity contribution in [2.45, 2.75) is 0 Å². The van der Waals surface area contributed by atoms with Crippen LogP contribution in [-0.2, 0) is 0 Å². The van der Waals surface area contributed by atoms with Crippen molar-refractivity contribution in [2.75, 3.05) is 11.5 Å². The molecule has 0 amide bonds. The number of ketones is 1. The molecule has 0 fully saturated rings. The van der Waals surface area contributed by atoms with Gasteiger partial charge in [0.2, 0.25) is 0 Å². The number of fused-ring (bicyclic) bond motifs is 1. The number of rotatable bonds is 2. The number of nitrogens with two attached hydrogens (primary N) is 1. The number of hydrogen-bond acceptors (Lipinski definition) is 3. The zero-order valence-electron chi connectivity index (χ0n) is 8.10. The van der Waals surface area contributed by atoms with Gasteiger partial charge in [-0.3, -0.25) is 4.79 Å². The highest BCUT2D eigenvalue weighted by atomic mass is 32.1. The van der Waals surface area contributed by atoms with E-state index >= 15 is 0 Å². The van der Waals surface area contributed by atoms with Gasteiger partial charge in [0.05, 0.1) is 11.4 Å². The molecule has 3 heteroatoms. The molecule has 0 aliphatic heterocycles. The van der Waals surface area contributed by atoms with Gasteiger partial charge in [-0.25, -0.2) is 0 Å². The second-order valence-corrected chi connectivity index (χ2v) is 3.65. The molecule has 0 atom stereocenters. The number of hydrogen-bond donors (Lipinski definition) is 2. The summed E-state index contributed by atoms with van der Waals surface area (Å²) in [6.45, 7) is 0. The van der Waals surface area contributed by atoms with Gasteiger partial charge in [-0.05, 0) is 11.5 Å². The number of carbonyl (C=O) groups excluding carboxylic acids is 1. The first-order valence-electron chi connectivity index (χ1n) is 4.65. The Morgan fingerprint density at radius 2 is 1.93 bits per heavy atom. The molecule has 0 spiro atoms. The zero-order chi connectivity index (χ0) is 10.8. The van der Waals surface area contributed by atoms with Crippen LogP contribution in [0.5, 0.6) is 0 Å². The lowest BCUT2D eigenvalue weighted by molar-refractivity contribution is 0.102. The minimum absolute atomic E-state index is 0.0402. The Morgan fingerprint density at radius 1 is 1.20 bits per heavy atom. The van der Waals surface area contributed by atoms with Crippen LogP contribution in [0.1, 0.15) is 10.4 Å². The molecule has 0 bridgehead atoms. The lowest BCUT2D eigenvalue weighted by atomic mass is 10.0. The molecule has 0 radical (unpaired) electrons. The minimum Gasteiger partial charge on any atom is -0.398 e. The molecule has 2 rings (SSSR count). The van der Waals surface area contributed by atoms with E-state index in [1.165, 1.54) is 0 Å². The summed E-state index contributed by atoms with van der Waals surface area (Å²) in [4.78, 5) is 11.5. The predicted molar refractivity (Wildman–Crippen MR) is 66.5 cm³/mol. The molecule has 0 unspecified atom stereocenters. The molecule has 2 nitrogen and oxygen atoms in total. The second kappa shape index (κ2) is 3.95. The Hall–Kier alpha value is -1.48. The van der Waals surface area contributed by atoms with Crippen molar-refractivity contribution < 1.29 is 4.79 Å². The second-order valence-electron chi connectivity index (χ2n) is 3.33. The molecule has 0 aliphatic rings. The van der Waals surface area contributed by atoms with Gasteiger partial charge in [0.1, 0.15) is 0 Å². The highest BCUT2D eigenvalue weighted by molar-refractivity contribution is 7.81. The van der Waals surface area contributed by atoms with Gasteiger partial charge in [-0.1, -0.05) is 30.3 Å². The van der Waals surface area contributed by atoms with E-state index in [0.717, 1.165) is 10.8 Å². The number of anilines is 1. The molecule has 0 aliphatic carbocycles. The predicted octanol–water partition coefficient (Wildman–Crippen LogP) is 2.53. The van der Waals surface area contributed by atoms with Crippen LogP contribution in [0.3, 0.4) is 0 Å². The Morgan fingerprint density at radius 3 is 2.67 bits per heavy atom. The van der Waals surface area contributed by atoms with E-state index < -0.39 is 0 Å². The van der Waals surface area contributed by atoms with E-state index in [2.05, 4.69) is 12.6 Å². The van der Waals surface area contributed by atoms with Crippen molar-refractivity contribution in [2.24, 2.45) is 0 Å². The molecule has 15 heavy (non-hydrogen) atoms. The van der Waals surface area contributed by atoms with Gasteiger partial charge in [-0.2, -0.15) is 12.6 Å². The topological polar surface area (TPSA) is 43.1 Å². The van der Waals surface area contributed by atoms with Gasteiger partial charge in [0.25, 0.3) is 0 Å². The summed E-state index contributed by atoms with van der Waals surface area (Å²) < 4.78 is 0. The smallest absolute Gasteiger partial charge is 0.174 e. The van der Waals surface area contributed by atoms with Crippen LogP contribution in [0.25, 0.3) is 10.8 Å². The average Bonchev–Trinajstić information content (AvgIpc) is 2.29. The summed E-state index contributed by atoms with van der Waals surface area (Å²) in [5.41, 5.74) is 7.05. The first kappa shape index (κ1) is 10.1. The molecule has 0 aromatic heterocycles. The third kappa shape index (κ3) is 1.70. The number of benzene rings is 2. The fourth-order valence-electron chi connectivity index (χ4n) is 1.62. The first-order chi connectivity index (χ1) is 7.24. The van der Waals surface area contributed by atoms with E-state index in [1.54, 1.807) is 6.07 Å². The number of Topliss-reactive ketones (excluding diaryl/α,β-unsaturated/α-hetero) is 1. The average molecular weight is 217 g/mol. The van der Waals surface area contributed by atoms with Crippen molar-refractivity contribution in [3.8, 4) is 0 Å². The molecular formula is C12H11NOS. The van der Waals surface area contributed by atoms with Crippen LogP contribution in [0.15, 0.2) is 36.4 Å². The molecule has 0 saturated heterocycles. The van der Waals surface area contributed by atoms with Gasteiger partial charge < -0.3 is 5.73 Å². The highest BCUT2D eigenvalue weighted by Gasteiger charge is 2.09. The quantitative estimate of drug-likeness (QED) is 0.461. The fraction of sp³-hybridized carbons (Fsp3) is 0.0833. The molecule has 2 aromatic rings. The zero-order valence-corrected chi connectivity index (χ0v) is 9.00. The van der Waals surface area contributed by atoms with Gasteiger partial charge >= 0.3 is 0 Å². The summed E-state index contributed by atoms with van der Waals surface area (Å²) in [6.07, 6.45) is 0. The van der Waals surface area contributed by atoms with E-state index in [-0.39, 0.29) is 11.5 Å². The maximum Gasteiger partial charge on any atom is 0.174 e. The van der Waals surface area contributed by atoms with Gasteiger partial charge in [0, 0.05) is 10.9 Å². The van der Waals surface area contributed by atoms with Crippen molar-refractivity contribution in [3.05, 3.63) is 42.0 Å². The van der Waals surface area contributed by atoms with Crippen molar-refractivity contribution in [3.63, 3.8) is 0 Å². The van der Waals surface area contributed by atoms with Crippen LogP contribution in [0.4, 0.5) is 5.69 Å². The first-order valence-corrected chi connectivity index (χ1v) is 5.28. The van der Waals surface area contributed by atoms with Gasteiger partial charge in [-0.15, -0.1) is 0 Å². The standard InChI is InChI=1S/C12H11NOS/c13-12-9-4-2-1-3-8(9)5-6-10(12)11(14)7-15/h1-6,15H,7,13H2. The van der Waals surface area contributed by atoms with E-state index in [1.807, 2.05) is 30.3 Å². The van der Waals surface area contributed by atoms with E-state index in [9.17, 15) is 4.79 Å². The van der Waals surface area contributed by atoms with Crippen LogP contribution >= 0.6 is 12.6 Å². The number of thiol groups is 1. The third-order valence-electron chi connectivity index (χ3n) is 2.41. The summed E-state index contributed by atoms with van der Waals surface area (Å²) in [6, 6.07) is 11.4. The number of nitrogen functional groups attached to an aromatic ring is 1. The van der Waals surface area contributed by atoms with E-state index in [0.29, 0.717) is 11.3 Å². The van der Waals surface area contributed by atoms with E-state index in [4.69, 9.17) is 5.73 Å². The summed E-state index contributed by atoms with van der Waals surface area (Å²) in [5, 5.41) is 1.97. The lowest BCUT2D eigenvalue weighted by Gasteiger charge is -2.06. The summed E-state index contributed by atoms with van der Waals surface area (Å²) in [5.74, 6) is 0.143. The third-order valence-corrected chi connectivity index (χ3v) is 2.70. The van der Waals surface area contributed by atoms with Crippen LogP contribution < -0.4 is 5.73 Å². The molecule has 2 aromatic carbocycles. The molecule has 2 N–H and O–H groups in total. The Kier molecular flexibility index (Phi) is 2.64. The molecule has 0 saturated carbocycles. The Labute approximate surface area is 93.5 Å². The minimum atomic E-state index is -0.0402. The van der Waals surface area contributed by atoms with Crippen LogP contribution in [-0.4, -0.2) is 11.5 Å². The Bertz CT molecular complexity index is 522. The maximum absolute atomic E-state index is 11.5. The summed E-state index contributed by atoms with van der Waals surface area (Å²) in [7, 11) is 0. The molecule has 0 heterocycles. The molecular weight excluding hydrogens is 206 g/mol. The van der Waals surface area contributed by atoms with Crippen LogP contribution in [0.2, 0.25) is 0 Å². The van der Waals surface area contributed by atoms with Crippen molar-refractivity contribution >= 4 is 34.9 Å². The largest absolute Gasteiger partial charge is 0.398 e. The molecule has 76 valence electrons. The summed E-state index contributed by atoms with van der Waals surface area (Å²) >= 11 is 3.96. The lowest BCUT2D eigenvalue weighted by Crippen LogP contribution is -2.05. The van der Waals surface area contributed by atoms with Crippen molar-refractivity contribution in [1.29, 1.82) is 0 Å². The Balaban J connectivity index is 2.70. The normalized spacial score (nSPS) is 10.5. The maximum atomic E-state index is 11.5. The monoisotopic (exact) mass is 217 g/mol. The SMILES string of the molecule is Nc1c(C(=O)CS)ccc2ccccc12. The van der Waals surface area contributed by atoms with Crippen molar-refractivity contribution in [1.82, 2.24) is 0 Å². The number of carbonyl (C=O) groups is 1. The van der Waals surface area contributed by atoms with Crippen LogP contribution in [0, 0.1) is 0 Å².